The molecule has 0 atom stereocenters. The number of carbonyl (C=O) groups is 1. The maximum absolute atomic E-state index is 12.3. The van der Waals surface area contributed by atoms with Gasteiger partial charge < -0.3 is 14.1 Å². The van der Waals surface area contributed by atoms with Gasteiger partial charge in [0, 0.05) is 30.8 Å². The molecular weight excluding hydrogens is 344 g/mol. The van der Waals surface area contributed by atoms with Crippen molar-refractivity contribution in [3.63, 3.8) is 0 Å². The lowest BCUT2D eigenvalue weighted by Crippen LogP contribution is -2.39. The smallest absolute Gasteiger partial charge is 0.415 e. The second-order valence-electron chi connectivity index (χ2n) is 6.63. The van der Waals surface area contributed by atoms with Gasteiger partial charge in [-0.15, -0.1) is 10.2 Å². The molecule has 7 nitrogen and oxygen atoms in total. The quantitative estimate of drug-likeness (QED) is 0.703. The Kier molecular flexibility index (Phi) is 4.82. The summed E-state index contributed by atoms with van der Waals surface area (Å²) in [6.45, 7) is 3.22. The van der Waals surface area contributed by atoms with Crippen molar-refractivity contribution in [2.45, 2.75) is 25.7 Å². The third kappa shape index (κ3) is 3.97. The predicted octanol–water partition coefficient (Wildman–Crippen LogP) is 3.82. The monoisotopic (exact) mass is 364 g/mol. The van der Waals surface area contributed by atoms with Gasteiger partial charge in [-0.1, -0.05) is 17.7 Å². The molecule has 0 unspecified atom stereocenters. The molecule has 0 spiro atoms. The fraction of sp³-hybridized carbons (Fsp3) is 0.300. The van der Waals surface area contributed by atoms with Gasteiger partial charge in [0.25, 0.3) is 0 Å². The van der Waals surface area contributed by atoms with Gasteiger partial charge in [-0.2, -0.15) is 0 Å². The predicted molar refractivity (Wildman–Crippen MR) is 98.3 cm³/mol. The number of aryl methyl sites for hydroxylation is 1. The third-order valence-corrected chi connectivity index (χ3v) is 4.68. The van der Waals surface area contributed by atoms with E-state index < -0.39 is 0 Å². The molecule has 0 saturated carbocycles. The van der Waals surface area contributed by atoms with Crippen LogP contribution in [-0.4, -0.2) is 39.3 Å². The fourth-order valence-corrected chi connectivity index (χ4v) is 3.09. The normalized spacial score (nSPS) is 14.9. The highest BCUT2D eigenvalue weighted by Gasteiger charge is 2.28. The van der Waals surface area contributed by atoms with E-state index >= 15 is 0 Å². The minimum atomic E-state index is -0.354. The first kappa shape index (κ1) is 17.2. The van der Waals surface area contributed by atoms with Crippen LogP contribution >= 0.6 is 0 Å². The lowest BCUT2D eigenvalue weighted by molar-refractivity contribution is 0.136. The van der Waals surface area contributed by atoms with Crippen molar-refractivity contribution in [3.05, 3.63) is 60.2 Å². The van der Waals surface area contributed by atoms with Crippen molar-refractivity contribution in [2.24, 2.45) is 0 Å². The molecule has 27 heavy (non-hydrogen) atoms. The van der Waals surface area contributed by atoms with Gasteiger partial charge >= 0.3 is 6.09 Å². The van der Waals surface area contributed by atoms with Crippen LogP contribution in [0.5, 0.6) is 5.75 Å². The van der Waals surface area contributed by atoms with E-state index in [-0.39, 0.29) is 12.0 Å². The van der Waals surface area contributed by atoms with E-state index in [1.807, 2.05) is 31.2 Å². The van der Waals surface area contributed by atoms with E-state index in [2.05, 4.69) is 15.2 Å². The molecule has 7 heteroatoms. The molecule has 0 radical (unpaired) electrons. The van der Waals surface area contributed by atoms with Crippen molar-refractivity contribution in [2.75, 3.05) is 13.1 Å². The summed E-state index contributed by atoms with van der Waals surface area (Å²) in [6.07, 6.45) is 4.33. The second-order valence-corrected chi connectivity index (χ2v) is 6.63. The number of aromatic nitrogens is 3. The van der Waals surface area contributed by atoms with Crippen LogP contribution in [0.3, 0.4) is 0 Å². The maximum atomic E-state index is 12.3. The van der Waals surface area contributed by atoms with E-state index in [1.165, 1.54) is 11.8 Å². The zero-order chi connectivity index (χ0) is 18.6. The number of amides is 1. The van der Waals surface area contributed by atoms with Crippen LogP contribution in [0.4, 0.5) is 4.79 Å². The number of carbonyl (C=O) groups excluding carboxylic acids is 1. The highest BCUT2D eigenvalue weighted by molar-refractivity contribution is 5.70. The summed E-state index contributed by atoms with van der Waals surface area (Å²) < 4.78 is 11.2. The van der Waals surface area contributed by atoms with Crippen LogP contribution in [0, 0.1) is 6.92 Å². The number of hydrogen-bond acceptors (Lipinski definition) is 6. The Morgan fingerprint density at radius 2 is 1.93 bits per heavy atom. The van der Waals surface area contributed by atoms with Gasteiger partial charge in [0.1, 0.15) is 0 Å². The maximum Gasteiger partial charge on any atom is 0.415 e. The Hall–Kier alpha value is -3.22. The van der Waals surface area contributed by atoms with Gasteiger partial charge in [-0.25, -0.2) is 4.79 Å². The SMILES string of the molecule is Cc1ccc(-c2nnc(C3CCN(C(=O)Oc4cccnc4)CC3)o2)cc1. The number of likely N-dealkylation sites (tertiary alicyclic amines) is 1. The van der Waals surface area contributed by atoms with Crippen molar-refractivity contribution >= 4 is 6.09 Å². The number of benzene rings is 1. The number of nitrogens with zero attached hydrogens (tertiary/aromatic N) is 4. The third-order valence-electron chi connectivity index (χ3n) is 4.68. The van der Waals surface area contributed by atoms with E-state index in [0.29, 0.717) is 30.6 Å². The first-order chi connectivity index (χ1) is 13.2. The van der Waals surface area contributed by atoms with Crippen LogP contribution in [0.15, 0.2) is 53.2 Å². The van der Waals surface area contributed by atoms with Crippen molar-refractivity contribution < 1.29 is 13.9 Å². The molecule has 1 aromatic carbocycles. The fourth-order valence-electron chi connectivity index (χ4n) is 3.09. The molecule has 1 saturated heterocycles. The van der Waals surface area contributed by atoms with E-state index in [0.717, 1.165) is 18.4 Å². The number of rotatable bonds is 3. The van der Waals surface area contributed by atoms with Crippen LogP contribution in [0.25, 0.3) is 11.5 Å². The zero-order valence-electron chi connectivity index (χ0n) is 15.0. The summed E-state index contributed by atoms with van der Waals surface area (Å²) in [7, 11) is 0. The van der Waals surface area contributed by atoms with E-state index in [4.69, 9.17) is 9.15 Å². The van der Waals surface area contributed by atoms with Crippen molar-refractivity contribution in [1.29, 1.82) is 0 Å². The van der Waals surface area contributed by atoms with Gasteiger partial charge in [-0.05, 0) is 44.0 Å². The Morgan fingerprint density at radius 1 is 1.15 bits per heavy atom. The summed E-state index contributed by atoms with van der Waals surface area (Å²) >= 11 is 0. The first-order valence-electron chi connectivity index (χ1n) is 8.96. The zero-order valence-corrected chi connectivity index (χ0v) is 15.0. The van der Waals surface area contributed by atoms with Crippen LogP contribution < -0.4 is 4.74 Å². The second kappa shape index (κ2) is 7.57. The lowest BCUT2D eigenvalue weighted by atomic mass is 9.97. The van der Waals surface area contributed by atoms with Gasteiger partial charge in [0.2, 0.25) is 11.8 Å². The average Bonchev–Trinajstić information content (AvgIpc) is 3.20. The largest absolute Gasteiger partial charge is 0.420 e. The van der Waals surface area contributed by atoms with E-state index in [1.54, 1.807) is 23.2 Å². The van der Waals surface area contributed by atoms with Crippen molar-refractivity contribution in [3.8, 4) is 17.2 Å². The molecular formula is C20H20N4O3. The number of pyridine rings is 1. The molecule has 2 aromatic heterocycles. The first-order valence-corrected chi connectivity index (χ1v) is 8.96. The van der Waals surface area contributed by atoms with Crippen molar-refractivity contribution in [1.82, 2.24) is 20.1 Å². The van der Waals surface area contributed by atoms with Gasteiger partial charge in [-0.3, -0.25) is 4.98 Å². The standard InChI is InChI=1S/C20H20N4O3/c1-14-4-6-15(7-5-14)18-22-23-19(27-18)16-8-11-24(12-9-16)20(25)26-17-3-2-10-21-13-17/h2-7,10,13,16H,8-9,11-12H2,1H3. The van der Waals surface area contributed by atoms with Crippen LogP contribution in [-0.2, 0) is 0 Å². The Bertz CT molecular complexity index is 900. The molecule has 138 valence electrons. The molecule has 1 aliphatic heterocycles. The van der Waals surface area contributed by atoms with Gasteiger partial charge in [0.05, 0.1) is 6.20 Å². The van der Waals surface area contributed by atoms with E-state index in [9.17, 15) is 4.79 Å². The molecule has 0 bridgehead atoms. The number of ether oxygens (including phenoxy) is 1. The highest BCUT2D eigenvalue weighted by atomic mass is 16.6. The minimum Gasteiger partial charge on any atom is -0.420 e. The average molecular weight is 364 g/mol. The molecule has 3 heterocycles. The molecule has 1 aliphatic rings. The number of piperidine rings is 1. The summed E-state index contributed by atoms with van der Waals surface area (Å²) in [5.74, 6) is 1.76. The summed E-state index contributed by atoms with van der Waals surface area (Å²) in [5, 5.41) is 8.39. The lowest BCUT2D eigenvalue weighted by Gasteiger charge is -2.29. The molecule has 1 amide bonds. The highest BCUT2D eigenvalue weighted by Crippen LogP contribution is 2.29. The Balaban J connectivity index is 1.35. The molecule has 0 aliphatic carbocycles. The Morgan fingerprint density at radius 3 is 2.63 bits per heavy atom. The van der Waals surface area contributed by atoms with Crippen LogP contribution in [0.2, 0.25) is 0 Å². The number of hydrogen-bond donors (Lipinski definition) is 0. The summed E-state index contributed by atoms with van der Waals surface area (Å²) in [4.78, 5) is 17.9. The minimum absolute atomic E-state index is 0.152. The van der Waals surface area contributed by atoms with Gasteiger partial charge in [0.15, 0.2) is 5.75 Å². The topological polar surface area (TPSA) is 81.4 Å². The summed E-state index contributed by atoms with van der Waals surface area (Å²) in [5.41, 5.74) is 2.10. The Labute approximate surface area is 157 Å². The van der Waals surface area contributed by atoms with Crippen LogP contribution in [0.1, 0.15) is 30.2 Å². The molecule has 0 N–H and O–H groups in total. The molecule has 4 rings (SSSR count). The molecule has 1 fully saturated rings. The summed E-state index contributed by atoms with van der Waals surface area (Å²) in [6, 6.07) is 11.4. The molecule has 3 aromatic rings.